The first-order valence-corrected chi connectivity index (χ1v) is 12.7. The molecule has 2 aromatic carbocycles. The predicted molar refractivity (Wildman–Crippen MR) is 91.1 cm³/mol. The highest BCUT2D eigenvalue weighted by molar-refractivity contribution is 7.88. The van der Waals surface area contributed by atoms with Crippen LogP contribution in [-0.2, 0) is 20.2 Å². The Morgan fingerprint density at radius 1 is 0.839 bits per heavy atom. The molecule has 0 aliphatic carbocycles. The number of aryl methyl sites for hydroxylation is 2. The normalized spacial score (nSPS) is 12.7. The third-order valence-electron chi connectivity index (χ3n) is 3.28. The number of hydrogen-bond acceptors (Lipinski definition) is 6. The van der Waals surface area contributed by atoms with E-state index in [9.17, 15) is 34.8 Å². The van der Waals surface area contributed by atoms with Gasteiger partial charge in [-0.05, 0) is 49.2 Å². The van der Waals surface area contributed by atoms with Crippen molar-refractivity contribution in [2.45, 2.75) is 24.9 Å². The fourth-order valence-corrected chi connectivity index (χ4v) is 4.86. The van der Waals surface area contributed by atoms with Gasteiger partial charge in [0.15, 0.2) is 19.4 Å². The maximum Gasteiger partial charge on any atom is 0.534 e. The molecule has 174 valence electrons. The van der Waals surface area contributed by atoms with Crippen LogP contribution in [0.4, 0.5) is 26.3 Å². The number of halogens is 7. The monoisotopic (exact) mass is 606 g/mol. The van der Waals surface area contributed by atoms with E-state index >= 15 is 0 Å². The minimum absolute atomic E-state index is 0.268. The molecule has 2 aromatic rings. The summed E-state index contributed by atoms with van der Waals surface area (Å²) in [5, 5.41) is 0. The van der Waals surface area contributed by atoms with Gasteiger partial charge in [0.2, 0.25) is 3.57 Å². The topological polar surface area (TPSA) is 101 Å². The third-order valence-corrected chi connectivity index (χ3v) is 7.58. The standard InChI is InChI=1S/C15H13F3IO3S.CHF3O3S/c1-10-7-8-12(9-11(10)2)19-13-5-3-4-6-14(13)22-23(20,21)15(16,17)18;2-1(3,4)8(5,6)7/h3-9H,1-2H3;(H,5,6,7)/q+1;/p-1. The molecule has 0 N–H and O–H groups in total. The molecule has 2 rings (SSSR count). The second-order valence-corrected chi connectivity index (χ2v) is 11.5. The van der Waals surface area contributed by atoms with Crippen LogP contribution in [0.5, 0.6) is 5.75 Å². The van der Waals surface area contributed by atoms with E-state index in [0.717, 1.165) is 14.7 Å². The van der Waals surface area contributed by atoms with Gasteiger partial charge in [0, 0.05) is 0 Å². The van der Waals surface area contributed by atoms with E-state index in [1.807, 2.05) is 32.0 Å². The lowest BCUT2D eigenvalue weighted by Crippen LogP contribution is -3.61. The summed E-state index contributed by atoms with van der Waals surface area (Å²) in [5.41, 5.74) is -8.91. The van der Waals surface area contributed by atoms with Crippen molar-refractivity contribution in [2.75, 3.05) is 0 Å². The molecule has 0 radical (unpaired) electrons. The lowest BCUT2D eigenvalue weighted by Gasteiger charge is -2.08. The highest BCUT2D eigenvalue weighted by atomic mass is 127. The quantitative estimate of drug-likeness (QED) is 0.167. The van der Waals surface area contributed by atoms with E-state index in [4.69, 9.17) is 13.0 Å². The average molecular weight is 606 g/mol. The van der Waals surface area contributed by atoms with Crippen LogP contribution in [0.25, 0.3) is 0 Å². The summed E-state index contributed by atoms with van der Waals surface area (Å²) < 4.78 is 124. The minimum atomic E-state index is -6.09. The Balaban J connectivity index is 0.000000512. The second-order valence-electron chi connectivity index (χ2n) is 5.64. The molecule has 6 nitrogen and oxygen atoms in total. The predicted octanol–water partition coefficient (Wildman–Crippen LogP) is 0.712. The van der Waals surface area contributed by atoms with Gasteiger partial charge in [-0.25, -0.2) is 8.42 Å². The summed E-state index contributed by atoms with van der Waals surface area (Å²) in [6, 6.07) is 11.7. The van der Waals surface area contributed by atoms with Crippen molar-refractivity contribution in [3.05, 3.63) is 60.7 Å². The minimum Gasteiger partial charge on any atom is -0.741 e. The van der Waals surface area contributed by atoms with E-state index < -0.39 is 52.5 Å². The third kappa shape index (κ3) is 8.12. The van der Waals surface area contributed by atoms with Gasteiger partial charge in [-0.3, -0.25) is 0 Å². The average Bonchev–Trinajstić information content (AvgIpc) is 2.57. The van der Waals surface area contributed by atoms with Crippen molar-refractivity contribution >= 4 is 20.2 Å². The molecule has 0 saturated heterocycles. The Labute approximate surface area is 184 Å². The molecular formula is C16H13F6IO6S2. The fourth-order valence-electron chi connectivity index (χ4n) is 1.64. The van der Waals surface area contributed by atoms with E-state index in [1.54, 1.807) is 12.1 Å². The van der Waals surface area contributed by atoms with Crippen molar-refractivity contribution in [2.24, 2.45) is 0 Å². The first-order chi connectivity index (χ1) is 13.8. The maximum absolute atomic E-state index is 12.5. The Morgan fingerprint density at radius 3 is 1.81 bits per heavy atom. The molecule has 0 aromatic heterocycles. The lowest BCUT2D eigenvalue weighted by molar-refractivity contribution is -0.598. The Kier molecular flexibility index (Phi) is 8.77. The molecule has 0 amide bonds. The van der Waals surface area contributed by atoms with E-state index in [1.165, 1.54) is 12.1 Å². The van der Waals surface area contributed by atoms with Gasteiger partial charge in [0.1, 0.15) is 0 Å². The van der Waals surface area contributed by atoms with Crippen LogP contribution in [0.15, 0.2) is 42.5 Å². The highest BCUT2D eigenvalue weighted by Crippen LogP contribution is 2.26. The summed E-state index contributed by atoms with van der Waals surface area (Å²) in [4.78, 5) is 0. The summed E-state index contributed by atoms with van der Waals surface area (Å²) >= 11 is -0.871. The fraction of sp³-hybridized carbons (Fsp3) is 0.250. The molecule has 0 fully saturated rings. The number of hydrogen-bond donors (Lipinski definition) is 0. The van der Waals surface area contributed by atoms with Gasteiger partial charge >= 0.3 is 42.3 Å². The number of alkyl halides is 6. The number of rotatable bonds is 4. The smallest absolute Gasteiger partial charge is 0.534 e. The van der Waals surface area contributed by atoms with Crippen molar-refractivity contribution in [1.29, 1.82) is 0 Å². The maximum atomic E-state index is 12.5. The van der Waals surface area contributed by atoms with Crippen molar-refractivity contribution in [1.82, 2.24) is 0 Å². The summed E-state index contributed by atoms with van der Waals surface area (Å²) in [6.45, 7) is 3.91. The zero-order valence-electron chi connectivity index (χ0n) is 15.5. The Hall–Kier alpha value is -1.59. The lowest BCUT2D eigenvalue weighted by atomic mass is 10.1. The van der Waals surface area contributed by atoms with Gasteiger partial charge < -0.3 is 8.74 Å². The molecule has 0 aliphatic rings. The molecule has 0 aliphatic heterocycles. The Bertz CT molecular complexity index is 1130. The molecule has 0 atom stereocenters. The van der Waals surface area contributed by atoms with Crippen LogP contribution < -0.4 is 25.4 Å². The Morgan fingerprint density at radius 2 is 1.35 bits per heavy atom. The van der Waals surface area contributed by atoms with Crippen molar-refractivity contribution < 1.29 is 73.1 Å². The van der Waals surface area contributed by atoms with Crippen LogP contribution in [0.3, 0.4) is 0 Å². The molecule has 15 heteroatoms. The van der Waals surface area contributed by atoms with Gasteiger partial charge in [-0.15, -0.1) is 0 Å². The van der Waals surface area contributed by atoms with Gasteiger partial charge in [-0.1, -0.05) is 18.2 Å². The van der Waals surface area contributed by atoms with Crippen LogP contribution >= 0.6 is 0 Å². The van der Waals surface area contributed by atoms with Crippen molar-refractivity contribution in [3.8, 4) is 5.75 Å². The molecule has 0 saturated carbocycles. The van der Waals surface area contributed by atoms with Crippen molar-refractivity contribution in [3.63, 3.8) is 0 Å². The van der Waals surface area contributed by atoms with E-state index in [0.29, 0.717) is 3.57 Å². The van der Waals surface area contributed by atoms with Crippen LogP contribution in [-0.4, -0.2) is 32.4 Å². The summed E-state index contributed by atoms with van der Waals surface area (Å²) in [5.74, 6) is -0.268. The first kappa shape index (κ1) is 27.4. The molecule has 0 unspecified atom stereocenters. The molecule has 0 spiro atoms. The second kappa shape index (κ2) is 9.91. The zero-order chi connectivity index (χ0) is 24.3. The molecule has 31 heavy (non-hydrogen) atoms. The highest BCUT2D eigenvalue weighted by Gasteiger charge is 2.49. The summed E-state index contributed by atoms with van der Waals surface area (Å²) in [7, 11) is -11.8. The zero-order valence-corrected chi connectivity index (χ0v) is 19.2. The number of para-hydroxylation sites is 1. The molecular weight excluding hydrogens is 593 g/mol. The SMILES string of the molecule is Cc1ccc([I+]c2ccccc2OS(=O)(=O)C(F)(F)F)cc1C.O=S(=O)([O-])C(F)(F)F. The van der Waals surface area contributed by atoms with Gasteiger partial charge in [0.05, 0.1) is 0 Å². The summed E-state index contributed by atoms with van der Waals surface area (Å²) in [6.07, 6.45) is 0. The van der Waals surface area contributed by atoms with E-state index in [2.05, 4.69) is 4.18 Å². The van der Waals surface area contributed by atoms with Crippen LogP contribution in [0.2, 0.25) is 0 Å². The van der Waals surface area contributed by atoms with Crippen LogP contribution in [0.1, 0.15) is 11.1 Å². The van der Waals surface area contributed by atoms with Gasteiger partial charge in [-0.2, -0.15) is 34.8 Å². The van der Waals surface area contributed by atoms with E-state index in [-0.39, 0.29) is 5.75 Å². The van der Waals surface area contributed by atoms with Crippen LogP contribution in [0, 0.1) is 21.0 Å². The van der Waals surface area contributed by atoms with Gasteiger partial charge in [0.25, 0.3) is 0 Å². The molecule has 0 bridgehead atoms. The first-order valence-electron chi connectivity index (χ1n) is 7.69. The largest absolute Gasteiger partial charge is 0.741 e. The molecule has 0 heterocycles. The number of benzene rings is 2.